The summed E-state index contributed by atoms with van der Waals surface area (Å²) in [7, 11) is 0. The van der Waals surface area contributed by atoms with E-state index in [9.17, 15) is 0 Å². The number of hydrogen-bond donors (Lipinski definition) is 1. The Morgan fingerprint density at radius 3 is 2.67 bits per heavy atom. The predicted molar refractivity (Wildman–Crippen MR) is 64.9 cm³/mol. The molecule has 2 N–H and O–H groups in total. The fourth-order valence-corrected chi connectivity index (χ4v) is 2.21. The molecule has 82 valence electrons. The van der Waals surface area contributed by atoms with E-state index >= 15 is 0 Å². The van der Waals surface area contributed by atoms with Crippen LogP contribution in [0.1, 0.15) is 36.0 Å². The van der Waals surface area contributed by atoms with Gasteiger partial charge in [-0.05, 0) is 56.6 Å². The molecule has 0 aromatic heterocycles. The van der Waals surface area contributed by atoms with Gasteiger partial charge in [0.05, 0.1) is 0 Å². The lowest BCUT2D eigenvalue weighted by Crippen LogP contribution is -2.23. The molecule has 2 rings (SSSR count). The second kappa shape index (κ2) is 4.36. The van der Waals surface area contributed by atoms with Crippen LogP contribution in [-0.2, 0) is 6.42 Å². The van der Waals surface area contributed by atoms with Gasteiger partial charge in [0, 0.05) is 6.04 Å². The monoisotopic (exact) mass is 203 g/mol. The molecule has 1 atom stereocenters. The number of aryl methyl sites for hydroxylation is 3. The molecule has 0 aliphatic heterocycles. The summed E-state index contributed by atoms with van der Waals surface area (Å²) in [5.41, 5.74) is 10.3. The number of benzene rings is 1. The highest BCUT2D eigenvalue weighted by Gasteiger charge is 2.27. The first-order chi connectivity index (χ1) is 7.16. The zero-order chi connectivity index (χ0) is 10.8. The summed E-state index contributed by atoms with van der Waals surface area (Å²) in [6.07, 6.45) is 5.00. The minimum atomic E-state index is 0.436. The first-order valence-electron chi connectivity index (χ1n) is 5.98. The van der Waals surface area contributed by atoms with Crippen LogP contribution in [0.15, 0.2) is 18.2 Å². The molecule has 0 radical (unpaired) electrons. The Morgan fingerprint density at radius 1 is 1.33 bits per heavy atom. The number of hydrogen-bond acceptors (Lipinski definition) is 1. The van der Waals surface area contributed by atoms with Gasteiger partial charge in [-0.1, -0.05) is 23.8 Å². The molecule has 1 aromatic rings. The standard InChI is InChI=1S/C14H21N/c1-10-3-4-12(11(2)9-10)7-8-14(15)13-5-6-13/h3-4,9,13-14H,5-8,15H2,1-2H3. The van der Waals surface area contributed by atoms with E-state index in [-0.39, 0.29) is 0 Å². The highest BCUT2D eigenvalue weighted by atomic mass is 14.7. The summed E-state index contributed by atoms with van der Waals surface area (Å²) in [4.78, 5) is 0. The van der Waals surface area contributed by atoms with E-state index in [2.05, 4.69) is 32.0 Å². The minimum Gasteiger partial charge on any atom is -0.327 e. The average Bonchev–Trinajstić information content (AvgIpc) is 2.99. The highest BCUT2D eigenvalue weighted by Crippen LogP contribution is 2.33. The second-order valence-electron chi connectivity index (χ2n) is 4.97. The van der Waals surface area contributed by atoms with Crippen LogP contribution >= 0.6 is 0 Å². The van der Waals surface area contributed by atoms with Crippen LogP contribution in [0.2, 0.25) is 0 Å². The molecule has 1 aliphatic carbocycles. The Labute approximate surface area is 92.7 Å². The quantitative estimate of drug-likeness (QED) is 0.800. The van der Waals surface area contributed by atoms with Crippen LogP contribution in [0.5, 0.6) is 0 Å². The van der Waals surface area contributed by atoms with E-state index in [4.69, 9.17) is 5.73 Å². The van der Waals surface area contributed by atoms with Gasteiger partial charge in [-0.2, -0.15) is 0 Å². The average molecular weight is 203 g/mol. The molecule has 1 aliphatic rings. The smallest absolute Gasteiger partial charge is 0.00703 e. The van der Waals surface area contributed by atoms with Gasteiger partial charge < -0.3 is 5.73 Å². The second-order valence-corrected chi connectivity index (χ2v) is 4.97. The van der Waals surface area contributed by atoms with Gasteiger partial charge in [0.1, 0.15) is 0 Å². The molecule has 0 spiro atoms. The van der Waals surface area contributed by atoms with Crippen LogP contribution in [0, 0.1) is 19.8 Å². The SMILES string of the molecule is Cc1ccc(CCC(N)C2CC2)c(C)c1. The number of nitrogens with two attached hydrogens (primary N) is 1. The Hall–Kier alpha value is -0.820. The molecule has 1 fully saturated rings. The van der Waals surface area contributed by atoms with Crippen molar-refractivity contribution in [1.82, 2.24) is 0 Å². The van der Waals surface area contributed by atoms with E-state index in [0.29, 0.717) is 6.04 Å². The summed E-state index contributed by atoms with van der Waals surface area (Å²) < 4.78 is 0. The molecule has 1 aromatic carbocycles. The fourth-order valence-electron chi connectivity index (χ4n) is 2.21. The Balaban J connectivity index is 1.92. The van der Waals surface area contributed by atoms with Crippen LogP contribution in [-0.4, -0.2) is 6.04 Å². The van der Waals surface area contributed by atoms with E-state index < -0.39 is 0 Å². The summed E-state index contributed by atoms with van der Waals surface area (Å²) in [5, 5.41) is 0. The van der Waals surface area contributed by atoms with Crippen molar-refractivity contribution in [3.05, 3.63) is 34.9 Å². The summed E-state index contributed by atoms with van der Waals surface area (Å²) in [6, 6.07) is 7.15. The van der Waals surface area contributed by atoms with Crippen molar-refractivity contribution in [3.8, 4) is 0 Å². The lowest BCUT2D eigenvalue weighted by Gasteiger charge is -2.11. The van der Waals surface area contributed by atoms with E-state index in [0.717, 1.165) is 18.8 Å². The minimum absolute atomic E-state index is 0.436. The van der Waals surface area contributed by atoms with Crippen molar-refractivity contribution in [3.63, 3.8) is 0 Å². The highest BCUT2D eigenvalue weighted by molar-refractivity contribution is 5.30. The molecule has 0 heterocycles. The third-order valence-corrected chi connectivity index (χ3v) is 3.47. The van der Waals surface area contributed by atoms with Crippen molar-refractivity contribution in [1.29, 1.82) is 0 Å². The summed E-state index contributed by atoms with van der Waals surface area (Å²) >= 11 is 0. The molecule has 1 unspecified atom stereocenters. The largest absolute Gasteiger partial charge is 0.327 e. The zero-order valence-corrected chi connectivity index (χ0v) is 9.79. The van der Waals surface area contributed by atoms with Crippen molar-refractivity contribution < 1.29 is 0 Å². The topological polar surface area (TPSA) is 26.0 Å². The molecular formula is C14H21N. The first kappa shape index (κ1) is 10.7. The van der Waals surface area contributed by atoms with Crippen molar-refractivity contribution >= 4 is 0 Å². The third-order valence-electron chi connectivity index (χ3n) is 3.47. The molecule has 0 saturated heterocycles. The van der Waals surface area contributed by atoms with Crippen LogP contribution in [0.4, 0.5) is 0 Å². The maximum atomic E-state index is 6.11. The summed E-state index contributed by atoms with van der Waals surface area (Å²) in [6.45, 7) is 4.34. The van der Waals surface area contributed by atoms with Gasteiger partial charge in [-0.25, -0.2) is 0 Å². The first-order valence-corrected chi connectivity index (χ1v) is 5.98. The van der Waals surface area contributed by atoms with Gasteiger partial charge in [-0.15, -0.1) is 0 Å². The molecule has 1 heteroatoms. The molecule has 1 saturated carbocycles. The third kappa shape index (κ3) is 2.82. The van der Waals surface area contributed by atoms with Gasteiger partial charge >= 0.3 is 0 Å². The molecule has 0 amide bonds. The molecule has 0 bridgehead atoms. The van der Waals surface area contributed by atoms with Gasteiger partial charge in [0.25, 0.3) is 0 Å². The van der Waals surface area contributed by atoms with Crippen LogP contribution < -0.4 is 5.73 Å². The number of rotatable bonds is 4. The van der Waals surface area contributed by atoms with E-state index in [1.54, 1.807) is 0 Å². The fraction of sp³-hybridized carbons (Fsp3) is 0.571. The van der Waals surface area contributed by atoms with Crippen molar-refractivity contribution in [2.45, 2.75) is 45.6 Å². The Kier molecular flexibility index (Phi) is 3.11. The Bertz CT molecular complexity index is 339. The van der Waals surface area contributed by atoms with Crippen molar-refractivity contribution in [2.75, 3.05) is 0 Å². The van der Waals surface area contributed by atoms with Gasteiger partial charge in [0.2, 0.25) is 0 Å². The van der Waals surface area contributed by atoms with E-state index in [1.807, 2.05) is 0 Å². The zero-order valence-electron chi connectivity index (χ0n) is 9.79. The van der Waals surface area contributed by atoms with Crippen LogP contribution in [0.3, 0.4) is 0 Å². The maximum Gasteiger partial charge on any atom is 0.00703 e. The lowest BCUT2D eigenvalue weighted by molar-refractivity contribution is 0.549. The maximum absolute atomic E-state index is 6.11. The molecule has 1 nitrogen and oxygen atoms in total. The van der Waals surface area contributed by atoms with Crippen molar-refractivity contribution in [2.24, 2.45) is 11.7 Å². The predicted octanol–water partition coefficient (Wildman–Crippen LogP) is 2.97. The lowest BCUT2D eigenvalue weighted by atomic mass is 9.98. The normalized spacial score (nSPS) is 17.8. The molecule has 15 heavy (non-hydrogen) atoms. The van der Waals surface area contributed by atoms with E-state index in [1.165, 1.54) is 29.5 Å². The van der Waals surface area contributed by atoms with Gasteiger partial charge in [0.15, 0.2) is 0 Å². The van der Waals surface area contributed by atoms with Gasteiger partial charge in [-0.3, -0.25) is 0 Å². The Morgan fingerprint density at radius 2 is 2.07 bits per heavy atom. The van der Waals surface area contributed by atoms with Crippen LogP contribution in [0.25, 0.3) is 0 Å². The summed E-state index contributed by atoms with van der Waals surface area (Å²) in [5.74, 6) is 0.829. The molecular weight excluding hydrogens is 182 g/mol.